The van der Waals surface area contributed by atoms with E-state index in [-0.39, 0.29) is 18.0 Å². The zero-order chi connectivity index (χ0) is 14.8. The molecule has 1 saturated heterocycles. The maximum atomic E-state index is 11.7. The van der Waals surface area contributed by atoms with E-state index in [9.17, 15) is 4.79 Å². The fraction of sp³-hybridized carbons (Fsp3) is 0.235. The number of halogens is 2. The Bertz CT molecular complexity index is 652. The van der Waals surface area contributed by atoms with Gasteiger partial charge in [0.05, 0.1) is 0 Å². The van der Waals surface area contributed by atoms with Crippen molar-refractivity contribution in [3.8, 4) is 0 Å². The lowest BCUT2D eigenvalue weighted by molar-refractivity contribution is -0.155. The maximum Gasteiger partial charge on any atom is 0.306 e. The lowest BCUT2D eigenvalue weighted by Crippen LogP contribution is -2.24. The summed E-state index contributed by atoms with van der Waals surface area (Å²) in [6, 6.07) is 15.2. The Hall–Kier alpha value is -1.51. The van der Waals surface area contributed by atoms with Gasteiger partial charge in [0, 0.05) is 22.4 Å². The molecule has 4 heteroatoms. The van der Waals surface area contributed by atoms with Crippen molar-refractivity contribution in [1.29, 1.82) is 0 Å². The van der Waals surface area contributed by atoms with Gasteiger partial charge in [0.2, 0.25) is 0 Å². The number of hydrogen-bond acceptors (Lipinski definition) is 2. The summed E-state index contributed by atoms with van der Waals surface area (Å²) >= 11 is 12.0. The van der Waals surface area contributed by atoms with Gasteiger partial charge in [-0.05, 0) is 41.8 Å². The van der Waals surface area contributed by atoms with E-state index in [4.69, 9.17) is 27.9 Å². The van der Waals surface area contributed by atoms with Crippen LogP contribution in [0.3, 0.4) is 0 Å². The molecule has 3 rings (SSSR count). The molecule has 2 nitrogen and oxygen atoms in total. The minimum absolute atomic E-state index is 0.113. The topological polar surface area (TPSA) is 26.3 Å². The fourth-order valence-corrected chi connectivity index (χ4v) is 3.06. The number of carbonyl (C=O) groups is 1. The number of cyclic esters (lactones) is 1. The molecule has 108 valence electrons. The fourth-order valence-electron chi connectivity index (χ4n) is 2.74. The molecule has 21 heavy (non-hydrogen) atoms. The highest BCUT2D eigenvalue weighted by Gasteiger charge is 2.33. The molecule has 0 amide bonds. The molecule has 0 spiro atoms. The van der Waals surface area contributed by atoms with Crippen molar-refractivity contribution in [2.45, 2.75) is 24.9 Å². The molecule has 1 aliphatic heterocycles. The van der Waals surface area contributed by atoms with Crippen LogP contribution in [0, 0.1) is 0 Å². The summed E-state index contributed by atoms with van der Waals surface area (Å²) in [6.45, 7) is 0. The number of hydrogen-bond donors (Lipinski definition) is 0. The van der Waals surface area contributed by atoms with Gasteiger partial charge in [-0.3, -0.25) is 4.79 Å². The predicted octanol–water partition coefficient (Wildman–Crippen LogP) is 5.16. The van der Waals surface area contributed by atoms with Gasteiger partial charge in [-0.1, -0.05) is 47.5 Å². The van der Waals surface area contributed by atoms with Gasteiger partial charge in [0.25, 0.3) is 0 Å². The first-order valence-corrected chi connectivity index (χ1v) is 7.59. The molecule has 0 bridgehead atoms. The highest BCUT2D eigenvalue weighted by molar-refractivity contribution is 6.30. The average molecular weight is 321 g/mol. The van der Waals surface area contributed by atoms with E-state index in [1.165, 1.54) is 0 Å². The molecule has 1 fully saturated rings. The maximum absolute atomic E-state index is 11.7. The van der Waals surface area contributed by atoms with Crippen molar-refractivity contribution < 1.29 is 9.53 Å². The summed E-state index contributed by atoms with van der Waals surface area (Å²) in [6.07, 6.45) is 0.898. The molecule has 2 aromatic rings. The lowest BCUT2D eigenvalue weighted by Gasteiger charge is -2.32. The molecule has 2 aromatic carbocycles. The number of carbonyl (C=O) groups excluding carboxylic acids is 1. The quantitative estimate of drug-likeness (QED) is 0.715. The van der Waals surface area contributed by atoms with E-state index >= 15 is 0 Å². The monoisotopic (exact) mass is 320 g/mol. The van der Waals surface area contributed by atoms with Crippen LogP contribution < -0.4 is 0 Å². The van der Waals surface area contributed by atoms with Gasteiger partial charge >= 0.3 is 5.97 Å². The van der Waals surface area contributed by atoms with E-state index in [1.807, 2.05) is 48.5 Å². The molecule has 0 saturated carbocycles. The van der Waals surface area contributed by atoms with E-state index < -0.39 is 0 Å². The Morgan fingerprint density at radius 2 is 1.71 bits per heavy atom. The van der Waals surface area contributed by atoms with Crippen molar-refractivity contribution in [3.05, 3.63) is 69.7 Å². The number of rotatable bonds is 2. The van der Waals surface area contributed by atoms with Crippen LogP contribution in [0.4, 0.5) is 0 Å². The minimum atomic E-state index is -0.290. The second kappa shape index (κ2) is 6.08. The first-order chi connectivity index (χ1) is 10.1. The molecule has 0 aromatic heterocycles. The molecule has 0 radical (unpaired) electrons. The second-order valence-corrected chi connectivity index (χ2v) is 6.04. The molecule has 0 aliphatic carbocycles. The van der Waals surface area contributed by atoms with Crippen LogP contribution in [-0.2, 0) is 9.53 Å². The summed E-state index contributed by atoms with van der Waals surface area (Å²) in [5, 5.41) is 1.36. The number of benzene rings is 2. The highest BCUT2D eigenvalue weighted by atomic mass is 35.5. The molecular formula is C17H14Cl2O2. The van der Waals surface area contributed by atoms with E-state index in [0.717, 1.165) is 17.5 Å². The van der Waals surface area contributed by atoms with Gasteiger partial charge in [-0.2, -0.15) is 0 Å². The third kappa shape index (κ3) is 3.22. The van der Waals surface area contributed by atoms with Crippen LogP contribution >= 0.6 is 23.2 Å². The smallest absolute Gasteiger partial charge is 0.306 e. The molecule has 1 aliphatic rings. The van der Waals surface area contributed by atoms with E-state index in [0.29, 0.717) is 16.5 Å². The molecule has 1 heterocycles. The van der Waals surface area contributed by atoms with Gasteiger partial charge in [-0.25, -0.2) is 0 Å². The van der Waals surface area contributed by atoms with Crippen molar-refractivity contribution in [2.75, 3.05) is 0 Å². The Morgan fingerprint density at radius 3 is 2.43 bits per heavy atom. The Morgan fingerprint density at radius 1 is 0.952 bits per heavy atom. The first-order valence-electron chi connectivity index (χ1n) is 6.84. The average Bonchev–Trinajstić information content (AvgIpc) is 2.48. The standard InChI is InChI=1S/C17H14Cl2O2/c18-13-6-4-11(5-7-13)17-15(8-9-16(20)21-17)12-2-1-3-14(19)10-12/h1-7,10,15,17H,8-9H2. The van der Waals surface area contributed by atoms with Gasteiger partial charge in [0.15, 0.2) is 0 Å². The SMILES string of the molecule is O=C1CCC(c2cccc(Cl)c2)C(c2ccc(Cl)cc2)O1. The zero-order valence-corrected chi connectivity index (χ0v) is 12.8. The zero-order valence-electron chi connectivity index (χ0n) is 11.3. The third-order valence-electron chi connectivity index (χ3n) is 3.76. The van der Waals surface area contributed by atoms with Crippen LogP contribution in [0.1, 0.15) is 36.0 Å². The minimum Gasteiger partial charge on any atom is -0.457 e. The normalized spacial score (nSPS) is 21.9. The summed E-state index contributed by atoms with van der Waals surface area (Å²) < 4.78 is 5.59. The molecule has 0 N–H and O–H groups in total. The van der Waals surface area contributed by atoms with Crippen LogP contribution in [0.25, 0.3) is 0 Å². The van der Waals surface area contributed by atoms with Crippen LogP contribution in [-0.4, -0.2) is 5.97 Å². The number of esters is 1. The predicted molar refractivity (Wildman–Crippen MR) is 83.7 cm³/mol. The number of ether oxygens (including phenoxy) is 1. The van der Waals surface area contributed by atoms with Crippen molar-refractivity contribution >= 4 is 29.2 Å². The van der Waals surface area contributed by atoms with Gasteiger partial charge < -0.3 is 4.74 Å². The van der Waals surface area contributed by atoms with Gasteiger partial charge in [0.1, 0.15) is 6.10 Å². The van der Waals surface area contributed by atoms with Crippen LogP contribution in [0.15, 0.2) is 48.5 Å². The van der Waals surface area contributed by atoms with Crippen LogP contribution in [0.5, 0.6) is 0 Å². The summed E-state index contributed by atoms with van der Waals surface area (Å²) in [4.78, 5) is 11.7. The second-order valence-electron chi connectivity index (χ2n) is 5.16. The third-order valence-corrected chi connectivity index (χ3v) is 4.25. The van der Waals surface area contributed by atoms with Gasteiger partial charge in [-0.15, -0.1) is 0 Å². The molecule has 2 unspecified atom stereocenters. The molecular weight excluding hydrogens is 307 g/mol. The Balaban J connectivity index is 1.96. The summed E-state index contributed by atoms with van der Waals surface area (Å²) in [5.74, 6) is -0.0456. The van der Waals surface area contributed by atoms with E-state index in [1.54, 1.807) is 0 Å². The lowest BCUT2D eigenvalue weighted by atomic mass is 9.84. The highest BCUT2D eigenvalue weighted by Crippen LogP contribution is 2.41. The van der Waals surface area contributed by atoms with Crippen LogP contribution in [0.2, 0.25) is 10.0 Å². The first kappa shape index (κ1) is 14.4. The van der Waals surface area contributed by atoms with Crippen molar-refractivity contribution in [3.63, 3.8) is 0 Å². The Kier molecular flexibility index (Phi) is 4.18. The van der Waals surface area contributed by atoms with Crippen molar-refractivity contribution in [2.24, 2.45) is 0 Å². The largest absolute Gasteiger partial charge is 0.457 e. The molecule has 2 atom stereocenters. The Labute approximate surface area is 133 Å². The summed E-state index contributed by atoms with van der Waals surface area (Å²) in [7, 11) is 0. The van der Waals surface area contributed by atoms with Crippen molar-refractivity contribution in [1.82, 2.24) is 0 Å². The summed E-state index contributed by atoms with van der Waals surface area (Å²) in [5.41, 5.74) is 2.05. The van der Waals surface area contributed by atoms with E-state index in [2.05, 4.69) is 0 Å².